The summed E-state index contributed by atoms with van der Waals surface area (Å²) in [7, 11) is 0. The minimum atomic E-state index is -0.845. The van der Waals surface area contributed by atoms with E-state index in [0.717, 1.165) is 0 Å². The van der Waals surface area contributed by atoms with Crippen molar-refractivity contribution >= 4 is 58.7 Å². The molecule has 2 aromatic carbocycles. The van der Waals surface area contributed by atoms with E-state index < -0.39 is 23.5 Å². The van der Waals surface area contributed by atoms with E-state index >= 15 is 0 Å². The van der Waals surface area contributed by atoms with Gasteiger partial charge in [0.15, 0.2) is 11.0 Å². The molecule has 1 heterocycles. The molecule has 0 fully saturated rings. The van der Waals surface area contributed by atoms with Crippen molar-refractivity contribution in [1.29, 1.82) is 0 Å². The number of hydrogen-bond donors (Lipinski definition) is 1. The van der Waals surface area contributed by atoms with Crippen molar-refractivity contribution in [3.8, 4) is 11.5 Å². The van der Waals surface area contributed by atoms with Gasteiger partial charge in [0.25, 0.3) is 0 Å². The van der Waals surface area contributed by atoms with Crippen molar-refractivity contribution in [2.24, 2.45) is 0 Å². The average Bonchev–Trinajstić information content (AvgIpc) is 2.86. The third-order valence-electron chi connectivity index (χ3n) is 4.80. The molecule has 0 bridgehead atoms. The molecule has 0 aliphatic carbocycles. The second-order valence-electron chi connectivity index (χ2n) is 10.6. The molecule has 3 rings (SSSR count). The highest BCUT2D eigenvalue weighted by Crippen LogP contribution is 2.40. The van der Waals surface area contributed by atoms with Crippen LogP contribution < -0.4 is 20.1 Å². The predicted molar refractivity (Wildman–Crippen MR) is 157 cm³/mol. The quantitative estimate of drug-likeness (QED) is 0.144. The highest BCUT2D eigenvalue weighted by Gasteiger charge is 2.22. The van der Waals surface area contributed by atoms with Crippen molar-refractivity contribution in [3.63, 3.8) is 0 Å². The minimum absolute atomic E-state index is 0.0253. The topological polar surface area (TPSA) is 145 Å². The lowest BCUT2D eigenvalue weighted by atomic mass is 10.2. The predicted octanol–water partition coefficient (Wildman–Crippen LogP) is 7.41. The standard InChI is InChI=1S/C28H32Cl2N4O8/c1-27(2,3)41-25(35)39-15-37-19-11-7-17(8-12-19)34(23-21(29)22(30)32-24(31)33-23)18-9-13-20(14-10-18)38-16-40-26(36)42-28(4,5)6/h7-14H,15-16H2,1-6H3,(H2,31,32,33). The minimum Gasteiger partial charge on any atom is -0.457 e. The number of nitrogens with zero attached hydrogens (tertiary/aromatic N) is 3. The molecule has 1 aromatic heterocycles. The normalized spacial score (nSPS) is 11.3. The Morgan fingerprint density at radius 1 is 0.738 bits per heavy atom. The van der Waals surface area contributed by atoms with Gasteiger partial charge in [-0.2, -0.15) is 9.97 Å². The van der Waals surface area contributed by atoms with Gasteiger partial charge in [0, 0.05) is 11.4 Å². The third kappa shape index (κ3) is 10.0. The molecule has 2 N–H and O–H groups in total. The number of carbonyl (C=O) groups is 2. The van der Waals surface area contributed by atoms with Crippen LogP contribution in [0.3, 0.4) is 0 Å². The number of carbonyl (C=O) groups excluding carboxylic acids is 2. The third-order valence-corrected chi connectivity index (χ3v) is 5.51. The van der Waals surface area contributed by atoms with E-state index in [1.165, 1.54) is 0 Å². The fraction of sp³-hybridized carbons (Fsp3) is 0.357. The molecule has 0 aliphatic heterocycles. The van der Waals surface area contributed by atoms with Crippen LogP contribution in [-0.4, -0.2) is 47.1 Å². The molecule has 42 heavy (non-hydrogen) atoms. The summed E-state index contributed by atoms with van der Waals surface area (Å²) >= 11 is 12.7. The van der Waals surface area contributed by atoms with Crippen molar-refractivity contribution in [3.05, 3.63) is 58.7 Å². The van der Waals surface area contributed by atoms with Gasteiger partial charge in [0.1, 0.15) is 27.7 Å². The Kier molecular flexibility index (Phi) is 10.5. The molecule has 0 amide bonds. The fourth-order valence-corrected chi connectivity index (χ4v) is 3.54. The zero-order valence-corrected chi connectivity index (χ0v) is 25.5. The van der Waals surface area contributed by atoms with Crippen LogP contribution in [0.2, 0.25) is 10.2 Å². The van der Waals surface area contributed by atoms with E-state index in [-0.39, 0.29) is 35.5 Å². The van der Waals surface area contributed by atoms with Gasteiger partial charge in [-0.25, -0.2) is 9.59 Å². The average molecular weight is 623 g/mol. The number of ether oxygens (including phenoxy) is 6. The number of benzene rings is 2. The van der Waals surface area contributed by atoms with Gasteiger partial charge in [0.05, 0.1) is 0 Å². The maximum Gasteiger partial charge on any atom is 0.511 e. The molecule has 0 radical (unpaired) electrons. The summed E-state index contributed by atoms with van der Waals surface area (Å²) in [5.41, 5.74) is 5.71. The number of hydrogen-bond acceptors (Lipinski definition) is 12. The molecule has 0 unspecified atom stereocenters. The highest BCUT2D eigenvalue weighted by molar-refractivity contribution is 6.43. The van der Waals surface area contributed by atoms with E-state index in [1.807, 2.05) is 0 Å². The molecule has 0 aliphatic rings. The Morgan fingerprint density at radius 3 is 1.52 bits per heavy atom. The summed E-state index contributed by atoms with van der Waals surface area (Å²) in [5, 5.41) is 0.0469. The first-order valence-electron chi connectivity index (χ1n) is 12.6. The molecule has 0 spiro atoms. The Bertz CT molecular complexity index is 1300. The summed E-state index contributed by atoms with van der Waals surface area (Å²) in [6.07, 6.45) is -1.69. The SMILES string of the molecule is CC(C)(C)OC(=O)OCOc1ccc(N(c2ccc(OCOC(=O)OC(C)(C)C)cc2)c2nc(N)nc(Cl)c2Cl)cc1. The molecule has 226 valence electrons. The lowest BCUT2D eigenvalue weighted by Gasteiger charge is -2.25. The van der Waals surface area contributed by atoms with Crippen molar-refractivity contribution in [2.45, 2.75) is 52.7 Å². The molecule has 0 atom stereocenters. The van der Waals surface area contributed by atoms with Crippen LogP contribution in [0, 0.1) is 0 Å². The van der Waals surface area contributed by atoms with Crippen molar-refractivity contribution in [2.75, 3.05) is 24.2 Å². The Labute approximate surface area is 253 Å². The van der Waals surface area contributed by atoms with E-state index in [1.54, 1.807) is 95.0 Å². The van der Waals surface area contributed by atoms with E-state index in [2.05, 4.69) is 9.97 Å². The van der Waals surface area contributed by atoms with Gasteiger partial charge in [-0.05, 0) is 90.1 Å². The zero-order chi connectivity index (χ0) is 31.1. The van der Waals surface area contributed by atoms with Gasteiger partial charge >= 0.3 is 12.3 Å². The number of halogens is 2. The van der Waals surface area contributed by atoms with E-state index in [9.17, 15) is 9.59 Å². The molecule has 3 aromatic rings. The van der Waals surface area contributed by atoms with E-state index in [0.29, 0.717) is 22.9 Å². The van der Waals surface area contributed by atoms with Gasteiger partial charge in [-0.15, -0.1) is 0 Å². The molecule has 12 nitrogen and oxygen atoms in total. The summed E-state index contributed by atoms with van der Waals surface area (Å²) in [4.78, 5) is 33.4. The van der Waals surface area contributed by atoms with Crippen LogP contribution in [0.1, 0.15) is 41.5 Å². The lowest BCUT2D eigenvalue weighted by molar-refractivity contribution is -0.0374. The first kappa shape index (κ1) is 32.4. The van der Waals surface area contributed by atoms with Crippen LogP contribution in [0.5, 0.6) is 11.5 Å². The maximum atomic E-state index is 11.7. The van der Waals surface area contributed by atoms with E-state index in [4.69, 9.17) is 57.4 Å². The van der Waals surface area contributed by atoms with Crippen LogP contribution in [0.4, 0.5) is 32.7 Å². The summed E-state index contributed by atoms with van der Waals surface area (Å²) in [6.45, 7) is 9.68. The molecule has 0 saturated heterocycles. The van der Waals surface area contributed by atoms with Crippen LogP contribution in [-0.2, 0) is 18.9 Å². The van der Waals surface area contributed by atoms with Crippen LogP contribution in [0.15, 0.2) is 48.5 Å². The molecular weight excluding hydrogens is 591 g/mol. The smallest absolute Gasteiger partial charge is 0.457 e. The van der Waals surface area contributed by atoms with Crippen molar-refractivity contribution < 1.29 is 38.0 Å². The van der Waals surface area contributed by atoms with Crippen molar-refractivity contribution in [1.82, 2.24) is 9.97 Å². The van der Waals surface area contributed by atoms with Gasteiger partial charge < -0.3 is 34.2 Å². The molecule has 0 saturated carbocycles. The Morgan fingerprint density at radius 2 is 1.14 bits per heavy atom. The summed E-state index contributed by atoms with van der Waals surface area (Å²) in [6, 6.07) is 13.5. The zero-order valence-electron chi connectivity index (χ0n) is 24.0. The first-order chi connectivity index (χ1) is 19.6. The fourth-order valence-electron chi connectivity index (χ4n) is 3.20. The monoisotopic (exact) mass is 622 g/mol. The lowest BCUT2D eigenvalue weighted by Crippen LogP contribution is -2.25. The first-order valence-corrected chi connectivity index (χ1v) is 13.3. The number of rotatable bonds is 9. The Balaban J connectivity index is 1.77. The summed E-state index contributed by atoms with van der Waals surface area (Å²) in [5.74, 6) is 0.977. The summed E-state index contributed by atoms with van der Waals surface area (Å²) < 4.78 is 31.1. The second kappa shape index (κ2) is 13.7. The molecule has 14 heteroatoms. The highest BCUT2D eigenvalue weighted by atomic mass is 35.5. The van der Waals surface area contributed by atoms with Gasteiger partial charge in [0.2, 0.25) is 19.5 Å². The maximum absolute atomic E-state index is 11.7. The Hall–Kier alpha value is -4.16. The number of nitrogen functional groups attached to an aromatic ring is 1. The van der Waals surface area contributed by atoms with Crippen LogP contribution >= 0.6 is 23.2 Å². The molecular formula is C28H32Cl2N4O8. The number of anilines is 4. The van der Waals surface area contributed by atoms with Gasteiger partial charge in [-0.1, -0.05) is 23.2 Å². The van der Waals surface area contributed by atoms with Crippen LogP contribution in [0.25, 0.3) is 0 Å². The second-order valence-corrected chi connectivity index (χ2v) is 11.3. The number of aromatic nitrogens is 2. The number of nitrogens with two attached hydrogens (primary N) is 1. The van der Waals surface area contributed by atoms with Gasteiger partial charge in [-0.3, -0.25) is 4.90 Å². The largest absolute Gasteiger partial charge is 0.511 e.